The fraction of sp³-hybridized carbons (Fsp3) is 0.231. The van der Waals surface area contributed by atoms with Crippen molar-refractivity contribution in [2.75, 3.05) is 0 Å². The quantitative estimate of drug-likeness (QED) is 0.331. The largest absolute Gasteiger partial charge is 0.409 e. The second-order valence-corrected chi connectivity index (χ2v) is 5.20. The van der Waals surface area contributed by atoms with Crippen molar-refractivity contribution in [2.45, 2.75) is 19.8 Å². The smallest absolute Gasteiger partial charge is 0.215 e. The van der Waals surface area contributed by atoms with Gasteiger partial charge in [0.2, 0.25) is 5.13 Å². The van der Waals surface area contributed by atoms with Crippen molar-refractivity contribution in [3.05, 3.63) is 35.9 Å². The van der Waals surface area contributed by atoms with Crippen LogP contribution in [0.4, 0.5) is 0 Å². The molecule has 3 aromatic rings. The molecule has 0 radical (unpaired) electrons. The molecule has 3 N–H and O–H groups in total. The summed E-state index contributed by atoms with van der Waals surface area (Å²) in [6, 6.07) is 7.74. The maximum absolute atomic E-state index is 8.78. The van der Waals surface area contributed by atoms with Crippen molar-refractivity contribution in [1.29, 1.82) is 0 Å². The van der Waals surface area contributed by atoms with Gasteiger partial charge in [-0.25, -0.2) is 9.97 Å². The van der Waals surface area contributed by atoms with E-state index in [1.54, 1.807) is 0 Å². The number of para-hydroxylation sites is 2. The number of hydrogen-bond acceptors (Lipinski definition) is 6. The van der Waals surface area contributed by atoms with E-state index in [4.69, 9.17) is 10.9 Å². The zero-order chi connectivity index (χ0) is 14.8. The van der Waals surface area contributed by atoms with Gasteiger partial charge in [-0.2, -0.15) is 4.37 Å². The predicted octanol–water partition coefficient (Wildman–Crippen LogP) is 1.73. The lowest BCUT2D eigenvalue weighted by Gasteiger charge is -2.04. The maximum Gasteiger partial charge on any atom is 0.215 e. The second kappa shape index (κ2) is 5.49. The number of aromatic nitrogens is 4. The number of oxime groups is 1. The van der Waals surface area contributed by atoms with E-state index < -0.39 is 0 Å². The Morgan fingerprint density at radius 1 is 1.38 bits per heavy atom. The number of imidazole rings is 1. The zero-order valence-corrected chi connectivity index (χ0v) is 12.2. The van der Waals surface area contributed by atoms with Crippen LogP contribution in [-0.4, -0.2) is 30.0 Å². The Balaban J connectivity index is 2.19. The van der Waals surface area contributed by atoms with Crippen molar-refractivity contribution in [2.24, 2.45) is 10.9 Å². The van der Waals surface area contributed by atoms with Gasteiger partial charge in [0.15, 0.2) is 0 Å². The molecule has 3 rings (SSSR count). The minimum Gasteiger partial charge on any atom is -0.409 e. The van der Waals surface area contributed by atoms with Gasteiger partial charge < -0.3 is 10.9 Å². The highest BCUT2D eigenvalue weighted by Crippen LogP contribution is 2.23. The third kappa shape index (κ3) is 2.45. The molecule has 0 unspecified atom stereocenters. The van der Waals surface area contributed by atoms with Gasteiger partial charge in [0, 0.05) is 18.0 Å². The first-order valence-electron chi connectivity index (χ1n) is 6.48. The molecular weight excluding hydrogens is 288 g/mol. The molecule has 2 aromatic heterocycles. The molecule has 0 aliphatic carbocycles. The van der Waals surface area contributed by atoms with Crippen molar-refractivity contribution < 1.29 is 5.21 Å². The molecule has 0 saturated carbocycles. The van der Waals surface area contributed by atoms with Crippen LogP contribution in [0.5, 0.6) is 0 Å². The summed E-state index contributed by atoms with van der Waals surface area (Å²) in [5.74, 6) is 1.57. The van der Waals surface area contributed by atoms with Crippen LogP contribution in [0.15, 0.2) is 29.4 Å². The predicted molar refractivity (Wildman–Crippen MR) is 81.0 cm³/mol. The molecule has 0 fully saturated rings. The summed E-state index contributed by atoms with van der Waals surface area (Å²) in [7, 11) is 0. The van der Waals surface area contributed by atoms with Gasteiger partial charge in [-0.1, -0.05) is 24.2 Å². The Morgan fingerprint density at radius 2 is 2.19 bits per heavy atom. The van der Waals surface area contributed by atoms with E-state index in [0.29, 0.717) is 5.82 Å². The summed E-state index contributed by atoms with van der Waals surface area (Å²) in [5, 5.41) is 12.5. The van der Waals surface area contributed by atoms with E-state index in [2.05, 4.69) is 19.5 Å². The van der Waals surface area contributed by atoms with Crippen LogP contribution >= 0.6 is 11.5 Å². The van der Waals surface area contributed by atoms with Crippen LogP contribution in [0.1, 0.15) is 18.6 Å². The summed E-state index contributed by atoms with van der Waals surface area (Å²) in [5.41, 5.74) is 7.39. The first-order chi connectivity index (χ1) is 10.2. The topological polar surface area (TPSA) is 102 Å². The maximum atomic E-state index is 8.78. The zero-order valence-electron chi connectivity index (χ0n) is 11.4. The molecule has 0 atom stereocenters. The first kappa shape index (κ1) is 13.5. The van der Waals surface area contributed by atoms with E-state index in [1.807, 2.05) is 35.8 Å². The molecule has 0 spiro atoms. The number of rotatable bonds is 4. The molecule has 0 amide bonds. The number of benzene rings is 1. The minimum atomic E-state index is 0.104. The number of nitrogens with two attached hydrogens (primary N) is 1. The van der Waals surface area contributed by atoms with Crippen molar-refractivity contribution in [3.8, 4) is 5.13 Å². The van der Waals surface area contributed by atoms with E-state index >= 15 is 0 Å². The van der Waals surface area contributed by atoms with E-state index in [-0.39, 0.29) is 12.3 Å². The lowest BCUT2D eigenvalue weighted by atomic mass is 10.3. The Hall–Kier alpha value is -2.48. The molecule has 1 aromatic carbocycles. The highest BCUT2D eigenvalue weighted by molar-refractivity contribution is 7.08. The van der Waals surface area contributed by atoms with Crippen molar-refractivity contribution >= 4 is 28.4 Å². The molecule has 0 saturated heterocycles. The highest BCUT2D eigenvalue weighted by atomic mass is 32.1. The van der Waals surface area contributed by atoms with Gasteiger partial charge in [0.1, 0.15) is 17.5 Å². The third-order valence-corrected chi connectivity index (χ3v) is 3.80. The van der Waals surface area contributed by atoms with Crippen molar-refractivity contribution in [3.63, 3.8) is 0 Å². The molecule has 0 aliphatic heterocycles. The molecule has 2 heterocycles. The molecule has 21 heavy (non-hydrogen) atoms. The van der Waals surface area contributed by atoms with E-state index in [0.717, 1.165) is 28.4 Å². The molecule has 0 bridgehead atoms. The number of hydrogen-bond donors (Lipinski definition) is 2. The fourth-order valence-electron chi connectivity index (χ4n) is 2.08. The van der Waals surface area contributed by atoms with Gasteiger partial charge in [-0.15, -0.1) is 0 Å². The monoisotopic (exact) mass is 302 g/mol. The average molecular weight is 302 g/mol. The van der Waals surface area contributed by atoms with Gasteiger partial charge in [0.05, 0.1) is 17.5 Å². The summed E-state index contributed by atoms with van der Waals surface area (Å²) >= 11 is 1.31. The van der Waals surface area contributed by atoms with Crippen LogP contribution in [0.25, 0.3) is 16.2 Å². The Bertz CT molecular complexity index is 806. The first-order valence-corrected chi connectivity index (χ1v) is 7.26. The minimum absolute atomic E-state index is 0.104. The Morgan fingerprint density at radius 3 is 2.90 bits per heavy atom. The second-order valence-electron chi connectivity index (χ2n) is 4.47. The van der Waals surface area contributed by atoms with Crippen LogP contribution in [0.2, 0.25) is 0 Å². The number of nitrogens with zero attached hydrogens (tertiary/aromatic N) is 5. The van der Waals surface area contributed by atoms with E-state index in [9.17, 15) is 0 Å². The summed E-state index contributed by atoms with van der Waals surface area (Å²) in [4.78, 5) is 9.04. The number of amidine groups is 1. The molecule has 8 heteroatoms. The van der Waals surface area contributed by atoms with E-state index in [1.165, 1.54) is 11.5 Å². The van der Waals surface area contributed by atoms with Gasteiger partial charge >= 0.3 is 0 Å². The molecule has 108 valence electrons. The highest BCUT2D eigenvalue weighted by Gasteiger charge is 2.16. The standard InChI is InChI=1S/C13H14N6OS/c1-2-11-16-13(21-18-11)19-9-6-4-3-5-8(9)15-12(19)7-10(14)17-20/h3-6,20H,2,7H2,1H3,(H2,14,17). The third-order valence-electron chi connectivity index (χ3n) is 3.06. The number of fused-ring (bicyclic) bond motifs is 1. The average Bonchev–Trinajstić information content (AvgIpc) is 3.10. The van der Waals surface area contributed by atoms with Crippen molar-refractivity contribution in [1.82, 2.24) is 18.9 Å². The molecule has 0 aliphatic rings. The Labute approximate surface area is 124 Å². The van der Waals surface area contributed by atoms with Gasteiger partial charge in [0.25, 0.3) is 0 Å². The summed E-state index contributed by atoms with van der Waals surface area (Å²) in [6.45, 7) is 2.01. The summed E-state index contributed by atoms with van der Waals surface area (Å²) in [6.07, 6.45) is 1.02. The molecule has 7 nitrogen and oxygen atoms in total. The number of aryl methyl sites for hydroxylation is 1. The van der Waals surface area contributed by atoms with Gasteiger partial charge in [-0.05, 0) is 12.1 Å². The summed E-state index contributed by atoms with van der Waals surface area (Å²) < 4.78 is 6.22. The van der Waals surface area contributed by atoms with Gasteiger partial charge in [-0.3, -0.25) is 4.57 Å². The SMILES string of the molecule is CCc1nsc(-n2c(CC(N)=NO)nc3ccccc32)n1. The van der Waals surface area contributed by atoms with Crippen LogP contribution in [-0.2, 0) is 12.8 Å². The lowest BCUT2D eigenvalue weighted by Crippen LogP contribution is -2.17. The molecular formula is C13H14N6OS. The lowest BCUT2D eigenvalue weighted by molar-refractivity contribution is 0.317. The van der Waals surface area contributed by atoms with Crippen LogP contribution in [0, 0.1) is 0 Å². The Kier molecular flexibility index (Phi) is 3.53. The fourth-order valence-corrected chi connectivity index (χ4v) is 2.87. The van der Waals surface area contributed by atoms with Crippen LogP contribution in [0.3, 0.4) is 0 Å². The normalized spacial score (nSPS) is 12.1. The van der Waals surface area contributed by atoms with Crippen LogP contribution < -0.4 is 5.73 Å².